The summed E-state index contributed by atoms with van der Waals surface area (Å²) >= 11 is 0. The molecule has 1 aromatic rings. The van der Waals surface area contributed by atoms with Crippen LogP contribution in [0.2, 0.25) is 0 Å². The summed E-state index contributed by atoms with van der Waals surface area (Å²) in [5, 5.41) is 3.48. The third-order valence-corrected chi connectivity index (χ3v) is 3.41. The largest absolute Gasteiger partial charge is 0.383 e. The highest BCUT2D eigenvalue weighted by molar-refractivity contribution is 5.55. The Kier molecular flexibility index (Phi) is 3.22. The van der Waals surface area contributed by atoms with Gasteiger partial charge in [-0.05, 0) is 32.6 Å². The van der Waals surface area contributed by atoms with Gasteiger partial charge in [0, 0.05) is 17.5 Å². The molecule has 0 amide bonds. The first-order valence-corrected chi connectivity index (χ1v) is 6.39. The highest BCUT2D eigenvalue weighted by Gasteiger charge is 2.28. The average molecular weight is 234 g/mol. The fourth-order valence-corrected chi connectivity index (χ4v) is 1.88. The van der Waals surface area contributed by atoms with Gasteiger partial charge in [0.25, 0.3) is 0 Å². The molecular weight excluding hydrogens is 212 g/mol. The predicted octanol–water partition coefficient (Wildman–Crippen LogP) is 2.70. The zero-order valence-corrected chi connectivity index (χ0v) is 11.1. The van der Waals surface area contributed by atoms with Gasteiger partial charge in [0.15, 0.2) is 0 Å². The number of anilines is 2. The Morgan fingerprint density at radius 2 is 1.88 bits per heavy atom. The van der Waals surface area contributed by atoms with E-state index < -0.39 is 0 Å². The van der Waals surface area contributed by atoms with E-state index >= 15 is 0 Å². The van der Waals surface area contributed by atoms with Crippen molar-refractivity contribution in [3.8, 4) is 0 Å². The van der Waals surface area contributed by atoms with Crippen LogP contribution in [0.4, 0.5) is 11.6 Å². The standard InChI is InChI=1S/C13H22N4/c1-7(2)12-16-11(14)8(3)13(17-12)15-9(4)10-5-6-10/h7,9-10H,5-6H2,1-4H3,(H3,14,15,16,17). The molecule has 0 aliphatic heterocycles. The van der Waals surface area contributed by atoms with E-state index in [0.29, 0.717) is 17.8 Å². The van der Waals surface area contributed by atoms with E-state index in [1.165, 1.54) is 12.8 Å². The predicted molar refractivity (Wildman–Crippen MR) is 71.1 cm³/mol. The molecule has 4 nitrogen and oxygen atoms in total. The molecule has 0 bridgehead atoms. The summed E-state index contributed by atoms with van der Waals surface area (Å²) in [5.74, 6) is 3.41. The van der Waals surface area contributed by atoms with Gasteiger partial charge in [0.05, 0.1) is 0 Å². The van der Waals surface area contributed by atoms with Gasteiger partial charge < -0.3 is 11.1 Å². The molecule has 2 rings (SSSR count). The molecule has 17 heavy (non-hydrogen) atoms. The minimum absolute atomic E-state index is 0.301. The van der Waals surface area contributed by atoms with E-state index in [4.69, 9.17) is 5.73 Å². The lowest BCUT2D eigenvalue weighted by molar-refractivity contribution is 0.684. The fourth-order valence-electron chi connectivity index (χ4n) is 1.88. The molecule has 1 aliphatic rings. The number of nitrogens with two attached hydrogens (primary N) is 1. The Bertz CT molecular complexity index is 410. The van der Waals surface area contributed by atoms with Gasteiger partial charge in [0.2, 0.25) is 0 Å². The van der Waals surface area contributed by atoms with E-state index in [9.17, 15) is 0 Å². The average Bonchev–Trinajstić information content (AvgIpc) is 3.07. The van der Waals surface area contributed by atoms with E-state index in [1.54, 1.807) is 0 Å². The van der Waals surface area contributed by atoms with Crippen molar-refractivity contribution in [1.82, 2.24) is 9.97 Å². The highest BCUT2D eigenvalue weighted by Crippen LogP contribution is 2.34. The number of nitrogen functional groups attached to an aromatic ring is 1. The van der Waals surface area contributed by atoms with E-state index in [1.807, 2.05) is 6.92 Å². The third kappa shape index (κ3) is 2.68. The molecule has 0 radical (unpaired) electrons. The summed E-state index contributed by atoms with van der Waals surface area (Å²) in [6, 6.07) is 0.475. The molecular formula is C13H22N4. The Hall–Kier alpha value is -1.32. The Morgan fingerprint density at radius 3 is 2.41 bits per heavy atom. The summed E-state index contributed by atoms with van der Waals surface area (Å²) in [7, 11) is 0. The van der Waals surface area contributed by atoms with Crippen LogP contribution in [-0.4, -0.2) is 16.0 Å². The summed E-state index contributed by atoms with van der Waals surface area (Å²) in [4.78, 5) is 8.91. The smallest absolute Gasteiger partial charge is 0.135 e. The quantitative estimate of drug-likeness (QED) is 0.840. The van der Waals surface area contributed by atoms with Gasteiger partial charge in [-0.15, -0.1) is 0 Å². The Labute approximate surface area is 103 Å². The summed E-state index contributed by atoms with van der Waals surface area (Å²) in [6.07, 6.45) is 2.65. The normalized spacial score (nSPS) is 17.2. The maximum atomic E-state index is 5.94. The second kappa shape index (κ2) is 4.51. The van der Waals surface area contributed by atoms with Crippen LogP contribution in [0.3, 0.4) is 0 Å². The number of aromatic nitrogens is 2. The van der Waals surface area contributed by atoms with Gasteiger partial charge >= 0.3 is 0 Å². The second-order valence-electron chi connectivity index (χ2n) is 5.37. The molecule has 1 saturated carbocycles. The maximum Gasteiger partial charge on any atom is 0.135 e. The summed E-state index contributed by atoms with van der Waals surface area (Å²) < 4.78 is 0. The van der Waals surface area contributed by atoms with Crippen LogP contribution >= 0.6 is 0 Å². The van der Waals surface area contributed by atoms with Crippen molar-refractivity contribution < 1.29 is 0 Å². The van der Waals surface area contributed by atoms with Crippen LogP contribution in [-0.2, 0) is 0 Å². The first-order chi connectivity index (χ1) is 7.99. The van der Waals surface area contributed by atoms with Crippen molar-refractivity contribution in [1.29, 1.82) is 0 Å². The van der Waals surface area contributed by atoms with Gasteiger partial charge in [-0.3, -0.25) is 0 Å². The van der Waals surface area contributed by atoms with Crippen LogP contribution in [0, 0.1) is 12.8 Å². The SMILES string of the molecule is Cc1c(N)nc(C(C)C)nc1NC(C)C1CC1. The van der Waals surface area contributed by atoms with Crippen LogP contribution < -0.4 is 11.1 Å². The van der Waals surface area contributed by atoms with Crippen LogP contribution in [0.15, 0.2) is 0 Å². The minimum atomic E-state index is 0.301. The van der Waals surface area contributed by atoms with Gasteiger partial charge in [-0.2, -0.15) is 0 Å². The molecule has 1 aromatic heterocycles. The van der Waals surface area contributed by atoms with Crippen molar-refractivity contribution >= 4 is 11.6 Å². The molecule has 1 fully saturated rings. The zero-order chi connectivity index (χ0) is 12.6. The van der Waals surface area contributed by atoms with Gasteiger partial charge in [-0.25, -0.2) is 9.97 Å². The lowest BCUT2D eigenvalue weighted by atomic mass is 10.1. The van der Waals surface area contributed by atoms with Gasteiger partial charge in [-0.1, -0.05) is 13.8 Å². The first-order valence-electron chi connectivity index (χ1n) is 6.39. The number of hydrogen-bond donors (Lipinski definition) is 2. The molecule has 0 saturated heterocycles. The molecule has 1 aliphatic carbocycles. The van der Waals surface area contributed by atoms with Crippen molar-refractivity contribution in [2.24, 2.45) is 5.92 Å². The second-order valence-corrected chi connectivity index (χ2v) is 5.37. The first kappa shape index (κ1) is 12.1. The number of hydrogen-bond acceptors (Lipinski definition) is 4. The molecule has 0 aromatic carbocycles. The third-order valence-electron chi connectivity index (χ3n) is 3.41. The minimum Gasteiger partial charge on any atom is -0.383 e. The molecule has 1 heterocycles. The highest BCUT2D eigenvalue weighted by atomic mass is 15.1. The zero-order valence-electron chi connectivity index (χ0n) is 11.1. The lowest BCUT2D eigenvalue weighted by Crippen LogP contribution is -2.20. The van der Waals surface area contributed by atoms with Gasteiger partial charge in [0.1, 0.15) is 17.5 Å². The monoisotopic (exact) mass is 234 g/mol. The topological polar surface area (TPSA) is 63.8 Å². The van der Waals surface area contributed by atoms with E-state index in [0.717, 1.165) is 23.1 Å². The van der Waals surface area contributed by atoms with Crippen LogP contribution in [0.1, 0.15) is 50.9 Å². The number of nitrogens with zero attached hydrogens (tertiary/aromatic N) is 2. The van der Waals surface area contributed by atoms with E-state index in [-0.39, 0.29) is 0 Å². The number of rotatable bonds is 4. The fraction of sp³-hybridized carbons (Fsp3) is 0.692. The van der Waals surface area contributed by atoms with Crippen molar-refractivity contribution in [2.75, 3.05) is 11.1 Å². The van der Waals surface area contributed by atoms with E-state index in [2.05, 4.69) is 36.1 Å². The Morgan fingerprint density at radius 1 is 1.24 bits per heavy atom. The summed E-state index contributed by atoms with van der Waals surface area (Å²) in [6.45, 7) is 8.35. The van der Waals surface area contributed by atoms with Crippen molar-refractivity contribution in [2.45, 2.75) is 52.5 Å². The van der Waals surface area contributed by atoms with Crippen LogP contribution in [0.25, 0.3) is 0 Å². The molecule has 4 heteroatoms. The molecule has 1 atom stereocenters. The lowest BCUT2D eigenvalue weighted by Gasteiger charge is -2.17. The molecule has 94 valence electrons. The molecule has 1 unspecified atom stereocenters. The molecule has 3 N–H and O–H groups in total. The molecule has 0 spiro atoms. The van der Waals surface area contributed by atoms with Crippen molar-refractivity contribution in [3.63, 3.8) is 0 Å². The maximum absolute atomic E-state index is 5.94. The summed E-state index contributed by atoms with van der Waals surface area (Å²) in [5.41, 5.74) is 6.90. The Balaban J connectivity index is 2.24. The number of nitrogens with one attached hydrogen (secondary N) is 1. The van der Waals surface area contributed by atoms with Crippen molar-refractivity contribution in [3.05, 3.63) is 11.4 Å². The van der Waals surface area contributed by atoms with Crippen LogP contribution in [0.5, 0.6) is 0 Å².